The monoisotopic (exact) mass is 335 g/mol. The summed E-state index contributed by atoms with van der Waals surface area (Å²) in [5.41, 5.74) is 1.64. The number of para-hydroxylation sites is 3. The van der Waals surface area contributed by atoms with E-state index in [1.165, 1.54) is 0 Å². The molecule has 0 radical (unpaired) electrons. The average Bonchev–Trinajstić information content (AvgIpc) is 2.68. The largest absolute Gasteiger partial charge is 0.422 e. The Bertz CT molecular complexity index is 893. The predicted octanol–water partition coefficient (Wildman–Crippen LogP) is 2.69. The second-order valence-electron chi connectivity index (χ2n) is 5.69. The van der Waals surface area contributed by atoms with E-state index >= 15 is 0 Å². The van der Waals surface area contributed by atoms with Crippen LogP contribution in [0.15, 0.2) is 54.6 Å². The summed E-state index contributed by atoms with van der Waals surface area (Å²) in [6.07, 6.45) is 0. The fourth-order valence-corrected chi connectivity index (χ4v) is 2.77. The number of esters is 1. The Morgan fingerprint density at radius 1 is 0.920 bits per heavy atom. The van der Waals surface area contributed by atoms with E-state index in [0.29, 0.717) is 43.4 Å². The van der Waals surface area contributed by atoms with Crippen LogP contribution in [0.5, 0.6) is 5.75 Å². The van der Waals surface area contributed by atoms with Crippen LogP contribution in [0.3, 0.4) is 0 Å². The highest BCUT2D eigenvalue weighted by Crippen LogP contribution is 2.23. The molecule has 1 aliphatic heterocycles. The van der Waals surface area contributed by atoms with Crippen molar-refractivity contribution in [3.8, 4) is 5.75 Å². The van der Waals surface area contributed by atoms with Crippen molar-refractivity contribution in [2.24, 2.45) is 0 Å². The molecule has 2 heterocycles. The molecule has 0 saturated carbocycles. The molecule has 1 aromatic heterocycles. The Morgan fingerprint density at radius 3 is 2.28 bits per heavy atom. The molecule has 1 fully saturated rings. The van der Waals surface area contributed by atoms with Gasteiger partial charge in [0, 0.05) is 13.1 Å². The third kappa shape index (κ3) is 3.29. The zero-order valence-corrected chi connectivity index (χ0v) is 13.6. The highest BCUT2D eigenvalue weighted by molar-refractivity contribution is 5.96. The van der Waals surface area contributed by atoms with E-state index in [-0.39, 0.29) is 5.69 Å². The van der Waals surface area contributed by atoms with Gasteiger partial charge in [-0.1, -0.05) is 30.3 Å². The van der Waals surface area contributed by atoms with Crippen LogP contribution in [-0.2, 0) is 4.74 Å². The number of fused-ring (bicyclic) bond motifs is 1. The van der Waals surface area contributed by atoms with Crippen molar-refractivity contribution in [2.75, 3.05) is 31.2 Å². The van der Waals surface area contributed by atoms with Crippen molar-refractivity contribution in [3.63, 3.8) is 0 Å². The lowest BCUT2D eigenvalue weighted by Gasteiger charge is -2.28. The Balaban J connectivity index is 1.75. The number of nitrogens with zero attached hydrogens (tertiary/aromatic N) is 3. The van der Waals surface area contributed by atoms with Gasteiger partial charge in [-0.05, 0) is 24.3 Å². The van der Waals surface area contributed by atoms with Crippen LogP contribution in [0.2, 0.25) is 0 Å². The number of rotatable bonds is 3. The number of hydrogen-bond acceptors (Lipinski definition) is 6. The molecule has 2 aromatic carbocycles. The molecule has 0 bridgehead atoms. The van der Waals surface area contributed by atoms with E-state index in [1.807, 2.05) is 47.4 Å². The highest BCUT2D eigenvalue weighted by Gasteiger charge is 2.24. The third-order valence-electron chi connectivity index (χ3n) is 4.01. The molecule has 1 aliphatic rings. The standard InChI is InChI=1S/C19H17N3O3/c23-19(25-14-6-2-1-3-7-14)17-18(22-10-12-24-13-11-22)21-16-9-5-4-8-15(16)20-17/h1-9H,10-13H2. The molecule has 25 heavy (non-hydrogen) atoms. The van der Waals surface area contributed by atoms with Gasteiger partial charge >= 0.3 is 5.97 Å². The number of anilines is 1. The minimum atomic E-state index is -0.508. The van der Waals surface area contributed by atoms with Gasteiger partial charge in [0.2, 0.25) is 0 Å². The first-order chi connectivity index (χ1) is 12.3. The third-order valence-corrected chi connectivity index (χ3v) is 4.01. The quantitative estimate of drug-likeness (QED) is 0.542. The van der Waals surface area contributed by atoms with Gasteiger partial charge in [-0.3, -0.25) is 0 Å². The summed E-state index contributed by atoms with van der Waals surface area (Å²) in [6, 6.07) is 16.5. The maximum Gasteiger partial charge on any atom is 0.366 e. The van der Waals surface area contributed by atoms with E-state index in [2.05, 4.69) is 9.97 Å². The number of carbonyl (C=O) groups is 1. The minimum Gasteiger partial charge on any atom is -0.422 e. The summed E-state index contributed by atoms with van der Waals surface area (Å²) in [5.74, 6) is 0.518. The van der Waals surface area contributed by atoms with E-state index in [4.69, 9.17) is 9.47 Å². The van der Waals surface area contributed by atoms with Crippen LogP contribution in [0.25, 0.3) is 11.0 Å². The predicted molar refractivity (Wildman–Crippen MR) is 94.0 cm³/mol. The fourth-order valence-electron chi connectivity index (χ4n) is 2.77. The maximum atomic E-state index is 12.7. The summed E-state index contributed by atoms with van der Waals surface area (Å²) in [4.78, 5) is 24.0. The van der Waals surface area contributed by atoms with Crippen LogP contribution < -0.4 is 9.64 Å². The Labute approximate surface area is 145 Å². The lowest BCUT2D eigenvalue weighted by atomic mass is 10.2. The molecular weight excluding hydrogens is 318 g/mol. The summed E-state index contributed by atoms with van der Waals surface area (Å²) in [5, 5.41) is 0. The van der Waals surface area contributed by atoms with Crippen molar-refractivity contribution < 1.29 is 14.3 Å². The van der Waals surface area contributed by atoms with Gasteiger partial charge in [0.05, 0.1) is 24.2 Å². The van der Waals surface area contributed by atoms with Crippen molar-refractivity contribution >= 4 is 22.8 Å². The first-order valence-electron chi connectivity index (χ1n) is 8.18. The van der Waals surface area contributed by atoms with Crippen LogP contribution in [0.4, 0.5) is 5.82 Å². The number of benzene rings is 2. The van der Waals surface area contributed by atoms with E-state index in [1.54, 1.807) is 12.1 Å². The van der Waals surface area contributed by atoms with Gasteiger partial charge in [0.25, 0.3) is 0 Å². The second-order valence-corrected chi connectivity index (χ2v) is 5.69. The summed E-state index contributed by atoms with van der Waals surface area (Å²) < 4.78 is 10.9. The number of aromatic nitrogens is 2. The second kappa shape index (κ2) is 6.86. The van der Waals surface area contributed by atoms with E-state index in [0.717, 1.165) is 5.52 Å². The molecule has 6 heteroatoms. The molecule has 0 N–H and O–H groups in total. The summed E-state index contributed by atoms with van der Waals surface area (Å²) >= 11 is 0. The molecule has 126 valence electrons. The molecule has 0 atom stereocenters. The first-order valence-corrected chi connectivity index (χ1v) is 8.18. The zero-order valence-electron chi connectivity index (χ0n) is 13.6. The van der Waals surface area contributed by atoms with Crippen molar-refractivity contribution in [2.45, 2.75) is 0 Å². The van der Waals surface area contributed by atoms with Gasteiger partial charge in [-0.15, -0.1) is 0 Å². The summed E-state index contributed by atoms with van der Waals surface area (Å²) in [7, 11) is 0. The van der Waals surface area contributed by atoms with Crippen LogP contribution in [0, 0.1) is 0 Å². The van der Waals surface area contributed by atoms with E-state index < -0.39 is 5.97 Å². The molecule has 0 spiro atoms. The van der Waals surface area contributed by atoms with Crippen molar-refractivity contribution in [1.82, 2.24) is 9.97 Å². The smallest absolute Gasteiger partial charge is 0.366 e. The maximum absolute atomic E-state index is 12.7. The fraction of sp³-hybridized carbons (Fsp3) is 0.211. The van der Waals surface area contributed by atoms with E-state index in [9.17, 15) is 4.79 Å². The molecule has 0 aliphatic carbocycles. The van der Waals surface area contributed by atoms with Crippen molar-refractivity contribution in [1.29, 1.82) is 0 Å². The molecule has 3 aromatic rings. The van der Waals surface area contributed by atoms with Gasteiger partial charge in [-0.2, -0.15) is 0 Å². The van der Waals surface area contributed by atoms with Crippen molar-refractivity contribution in [3.05, 3.63) is 60.3 Å². The average molecular weight is 335 g/mol. The molecule has 4 rings (SSSR count). The number of morpholine rings is 1. The summed E-state index contributed by atoms with van der Waals surface area (Å²) in [6.45, 7) is 2.53. The molecule has 0 amide bonds. The molecule has 0 unspecified atom stereocenters. The molecule has 1 saturated heterocycles. The SMILES string of the molecule is O=C(Oc1ccccc1)c1nc2ccccc2nc1N1CCOCC1. The number of carbonyl (C=O) groups excluding carboxylic acids is 1. The van der Waals surface area contributed by atoms with Crippen LogP contribution in [-0.4, -0.2) is 42.2 Å². The Morgan fingerprint density at radius 2 is 1.56 bits per heavy atom. The minimum absolute atomic E-state index is 0.226. The van der Waals surface area contributed by atoms with Gasteiger partial charge in [-0.25, -0.2) is 14.8 Å². The Hall–Kier alpha value is -2.99. The number of hydrogen-bond donors (Lipinski definition) is 0. The lowest BCUT2D eigenvalue weighted by Crippen LogP contribution is -2.38. The zero-order chi connectivity index (χ0) is 17.1. The number of ether oxygens (including phenoxy) is 2. The lowest BCUT2D eigenvalue weighted by molar-refractivity contribution is 0.0728. The molecule has 6 nitrogen and oxygen atoms in total. The Kier molecular flexibility index (Phi) is 4.26. The van der Waals surface area contributed by atoms with Gasteiger partial charge in [0.15, 0.2) is 11.5 Å². The highest BCUT2D eigenvalue weighted by atomic mass is 16.5. The topological polar surface area (TPSA) is 64.5 Å². The van der Waals surface area contributed by atoms with Crippen LogP contribution in [0.1, 0.15) is 10.5 Å². The molecular formula is C19H17N3O3. The van der Waals surface area contributed by atoms with Gasteiger partial charge < -0.3 is 14.4 Å². The normalized spacial score (nSPS) is 14.5. The first kappa shape index (κ1) is 15.5. The van der Waals surface area contributed by atoms with Gasteiger partial charge in [0.1, 0.15) is 5.75 Å². The van der Waals surface area contributed by atoms with Crippen LogP contribution >= 0.6 is 0 Å².